The fourth-order valence-electron chi connectivity index (χ4n) is 5.21. The topological polar surface area (TPSA) is 73.8 Å². The number of hydrogen-bond donors (Lipinski definition) is 0. The van der Waals surface area contributed by atoms with Crippen molar-refractivity contribution in [2.45, 2.75) is 23.1 Å². The van der Waals surface area contributed by atoms with Crippen molar-refractivity contribution in [3.05, 3.63) is 60.7 Å². The van der Waals surface area contributed by atoms with Gasteiger partial charge in [0.1, 0.15) is 0 Å². The van der Waals surface area contributed by atoms with E-state index in [1.54, 1.807) is 0 Å². The molecule has 10 heteroatoms. The van der Waals surface area contributed by atoms with E-state index in [-0.39, 0.29) is 0 Å². The molecular formula is C20H18B2O8. The SMILES string of the molecule is c1ccc(B2OC34OCCOC3(O2)C23OCCOC42OB(c2ccccc2)O3)cc1. The van der Waals surface area contributed by atoms with Crippen LogP contribution in [0.25, 0.3) is 0 Å². The zero-order valence-corrected chi connectivity index (χ0v) is 16.0. The van der Waals surface area contributed by atoms with Crippen molar-refractivity contribution in [1.82, 2.24) is 0 Å². The first-order chi connectivity index (χ1) is 14.8. The van der Waals surface area contributed by atoms with E-state index in [9.17, 15) is 0 Å². The third-order valence-electron chi connectivity index (χ3n) is 6.36. The molecule has 0 aromatic heterocycles. The van der Waals surface area contributed by atoms with Gasteiger partial charge in [-0.2, -0.15) is 0 Å². The molecule has 2 aromatic carbocycles. The van der Waals surface area contributed by atoms with E-state index in [1.807, 2.05) is 60.7 Å². The molecule has 0 unspecified atom stereocenters. The van der Waals surface area contributed by atoms with Crippen LogP contribution in [0.3, 0.4) is 0 Å². The summed E-state index contributed by atoms with van der Waals surface area (Å²) in [6.07, 6.45) is 0. The van der Waals surface area contributed by atoms with Gasteiger partial charge in [-0.25, -0.2) is 0 Å². The molecule has 5 aliphatic rings. The second-order valence-corrected chi connectivity index (χ2v) is 7.82. The molecule has 5 fully saturated rings. The first-order valence-corrected chi connectivity index (χ1v) is 10.1. The number of rotatable bonds is 2. The quantitative estimate of drug-likeness (QED) is 0.632. The van der Waals surface area contributed by atoms with Gasteiger partial charge in [-0.15, -0.1) is 0 Å². The minimum Gasteiger partial charge on any atom is -0.370 e. The van der Waals surface area contributed by atoms with E-state index in [0.29, 0.717) is 26.4 Å². The van der Waals surface area contributed by atoms with E-state index in [0.717, 1.165) is 10.9 Å². The molecule has 0 spiro atoms. The lowest BCUT2D eigenvalue weighted by Crippen LogP contribution is -2.97. The Morgan fingerprint density at radius 2 is 0.767 bits per heavy atom. The summed E-state index contributed by atoms with van der Waals surface area (Å²) in [4.78, 5) is 0. The monoisotopic (exact) mass is 408 g/mol. The Kier molecular flexibility index (Phi) is 3.54. The molecule has 4 saturated heterocycles. The van der Waals surface area contributed by atoms with Gasteiger partial charge >= 0.3 is 14.2 Å². The van der Waals surface area contributed by atoms with Gasteiger partial charge in [0.2, 0.25) is 0 Å². The lowest BCUT2D eigenvalue weighted by atomic mass is 9.68. The Balaban J connectivity index is 1.36. The van der Waals surface area contributed by atoms with E-state index >= 15 is 0 Å². The lowest BCUT2D eigenvalue weighted by Gasteiger charge is -2.70. The highest BCUT2D eigenvalue weighted by Gasteiger charge is 3.04. The average Bonchev–Trinajstić information content (AvgIpc) is 3.34. The van der Waals surface area contributed by atoms with Crippen LogP contribution in [0.4, 0.5) is 0 Å². The smallest absolute Gasteiger partial charge is 0.370 e. The van der Waals surface area contributed by atoms with Crippen LogP contribution >= 0.6 is 0 Å². The minimum absolute atomic E-state index is 0.299. The van der Waals surface area contributed by atoms with Gasteiger partial charge in [0.25, 0.3) is 23.1 Å². The van der Waals surface area contributed by atoms with Gasteiger partial charge in [-0.3, -0.25) is 0 Å². The third-order valence-corrected chi connectivity index (χ3v) is 6.36. The second kappa shape index (κ2) is 5.93. The van der Waals surface area contributed by atoms with Crippen LogP contribution in [0, 0.1) is 0 Å². The predicted octanol–water partition coefficient (Wildman–Crippen LogP) is -0.237. The molecular weight excluding hydrogens is 390 g/mol. The molecule has 0 radical (unpaired) electrons. The zero-order chi connectivity index (χ0) is 19.9. The summed E-state index contributed by atoms with van der Waals surface area (Å²) in [5, 5.41) is 0. The molecule has 8 nitrogen and oxygen atoms in total. The van der Waals surface area contributed by atoms with Crippen molar-refractivity contribution in [3.8, 4) is 0 Å². The molecule has 152 valence electrons. The van der Waals surface area contributed by atoms with E-state index in [2.05, 4.69) is 0 Å². The highest BCUT2D eigenvalue weighted by Crippen LogP contribution is 2.73. The Morgan fingerprint density at radius 1 is 0.467 bits per heavy atom. The summed E-state index contributed by atoms with van der Waals surface area (Å²) >= 11 is 0. The van der Waals surface area contributed by atoms with Gasteiger partial charge in [0.05, 0.1) is 26.4 Å². The van der Waals surface area contributed by atoms with Crippen LogP contribution in [0.5, 0.6) is 0 Å². The summed E-state index contributed by atoms with van der Waals surface area (Å²) in [6.45, 7) is 1.20. The van der Waals surface area contributed by atoms with Crippen LogP contribution in [0.1, 0.15) is 0 Å². The molecule has 0 N–H and O–H groups in total. The van der Waals surface area contributed by atoms with Gasteiger partial charge in [0, 0.05) is 0 Å². The fourth-order valence-corrected chi connectivity index (χ4v) is 5.21. The van der Waals surface area contributed by atoms with E-state index < -0.39 is 37.4 Å². The summed E-state index contributed by atoms with van der Waals surface area (Å²) < 4.78 is 50.4. The molecule has 2 aromatic rings. The van der Waals surface area contributed by atoms with Crippen LogP contribution in [-0.4, -0.2) is 63.8 Å². The highest BCUT2D eigenvalue weighted by molar-refractivity contribution is 6.63. The normalized spacial score (nSPS) is 41.5. The fraction of sp³-hybridized carbons (Fsp3) is 0.400. The molecule has 1 saturated carbocycles. The molecule has 30 heavy (non-hydrogen) atoms. The van der Waals surface area contributed by atoms with Gasteiger partial charge in [0.15, 0.2) is 0 Å². The van der Waals surface area contributed by atoms with E-state index in [1.165, 1.54) is 0 Å². The number of hydrogen-bond acceptors (Lipinski definition) is 8. The Morgan fingerprint density at radius 3 is 1.07 bits per heavy atom. The molecule has 0 bridgehead atoms. The van der Waals surface area contributed by atoms with Crippen molar-refractivity contribution < 1.29 is 37.6 Å². The van der Waals surface area contributed by atoms with Crippen LogP contribution in [0.15, 0.2) is 60.7 Å². The van der Waals surface area contributed by atoms with Gasteiger partial charge in [-0.05, 0) is 10.9 Å². The van der Waals surface area contributed by atoms with Crippen LogP contribution in [0.2, 0.25) is 0 Å². The van der Waals surface area contributed by atoms with Gasteiger partial charge < -0.3 is 37.6 Å². The summed E-state index contributed by atoms with van der Waals surface area (Å²) in [5.74, 6) is -5.93. The Hall–Kier alpha value is -1.75. The maximum atomic E-state index is 6.40. The summed E-state index contributed by atoms with van der Waals surface area (Å²) in [6, 6.07) is 19.2. The van der Waals surface area contributed by atoms with Crippen molar-refractivity contribution >= 4 is 25.2 Å². The van der Waals surface area contributed by atoms with Crippen molar-refractivity contribution in [3.63, 3.8) is 0 Å². The molecule has 0 amide bonds. The average molecular weight is 408 g/mol. The van der Waals surface area contributed by atoms with Gasteiger partial charge in [-0.1, -0.05) is 60.7 Å². The van der Waals surface area contributed by atoms with Crippen molar-refractivity contribution in [2.24, 2.45) is 0 Å². The highest BCUT2D eigenvalue weighted by atomic mass is 17.0. The van der Waals surface area contributed by atoms with Crippen molar-refractivity contribution in [1.29, 1.82) is 0 Å². The molecule has 4 aliphatic heterocycles. The molecule has 4 heterocycles. The standard InChI is InChI=1S/C20H18B2O8/c1-3-7-15(8-4-1)21-27-17-18(28-21,24-12-11-23-17)20-19(17,25-13-14-26-20)29-22(30-20)16-9-5-2-6-10-16/h1-10H,11-14H2. The number of ether oxygens (including phenoxy) is 4. The summed E-state index contributed by atoms with van der Waals surface area (Å²) in [7, 11) is -1.51. The third kappa shape index (κ3) is 1.81. The first kappa shape index (κ1) is 17.9. The summed E-state index contributed by atoms with van der Waals surface area (Å²) in [5.41, 5.74) is 1.64. The molecule has 1 aliphatic carbocycles. The Bertz CT molecular complexity index is 846. The maximum absolute atomic E-state index is 6.40. The van der Waals surface area contributed by atoms with Crippen LogP contribution in [-0.2, 0) is 37.6 Å². The second-order valence-electron chi connectivity index (χ2n) is 7.82. The largest absolute Gasteiger partial charge is 0.498 e. The van der Waals surface area contributed by atoms with E-state index in [4.69, 9.17) is 37.6 Å². The Labute approximate surface area is 173 Å². The zero-order valence-electron chi connectivity index (χ0n) is 16.0. The van der Waals surface area contributed by atoms with Crippen LogP contribution < -0.4 is 10.9 Å². The molecule has 0 atom stereocenters. The predicted molar refractivity (Wildman–Crippen MR) is 103 cm³/mol. The maximum Gasteiger partial charge on any atom is 0.498 e. The van der Waals surface area contributed by atoms with Crippen molar-refractivity contribution in [2.75, 3.05) is 26.4 Å². The number of benzene rings is 2. The lowest BCUT2D eigenvalue weighted by molar-refractivity contribution is -0.625. The molecule has 7 rings (SSSR count). The minimum atomic E-state index is -1.48. The first-order valence-electron chi connectivity index (χ1n) is 10.1.